The topological polar surface area (TPSA) is 9.23 Å². The van der Waals surface area contributed by atoms with E-state index in [-0.39, 0.29) is 15.8 Å². The number of rotatable bonds is 0. The Morgan fingerprint density at radius 1 is 1.50 bits per heavy atom. The summed E-state index contributed by atoms with van der Waals surface area (Å²) in [5, 5.41) is 0. The minimum absolute atomic E-state index is 0.0394. The molecule has 2 radical (unpaired) electrons. The van der Waals surface area contributed by atoms with Gasteiger partial charge in [-0.3, -0.25) is 0 Å². The summed E-state index contributed by atoms with van der Waals surface area (Å²) in [6.45, 7) is 4.15. The maximum atomic E-state index is 5.05. The fraction of sp³-hybridized carbons (Fsp3) is 0.500. The molecule has 0 spiro atoms. The number of hydrogen-bond donors (Lipinski definition) is 0. The van der Waals surface area contributed by atoms with Crippen molar-refractivity contribution < 1.29 is 3.76 Å². The Balaban J connectivity index is 2.66. The summed E-state index contributed by atoms with van der Waals surface area (Å²) < 4.78 is 6.56. The van der Waals surface area contributed by atoms with Gasteiger partial charge in [-0.05, 0) is 0 Å². The van der Waals surface area contributed by atoms with Crippen LogP contribution in [0.25, 0.3) is 0 Å². The van der Waals surface area contributed by atoms with Crippen molar-refractivity contribution in [2.45, 2.75) is 13.8 Å². The van der Waals surface area contributed by atoms with Gasteiger partial charge in [0.2, 0.25) is 0 Å². The summed E-state index contributed by atoms with van der Waals surface area (Å²) in [6, 6.07) is 0. The van der Waals surface area contributed by atoms with Gasteiger partial charge in [0.05, 0.1) is 0 Å². The molecule has 0 amide bonds. The summed E-state index contributed by atoms with van der Waals surface area (Å²) >= 11 is -0.0394. The first-order valence-corrected chi connectivity index (χ1v) is 3.81. The summed E-state index contributed by atoms with van der Waals surface area (Å²) in [7, 11) is 0. The maximum absolute atomic E-state index is 5.05. The van der Waals surface area contributed by atoms with Crippen LogP contribution in [-0.2, 0) is 3.76 Å². The third kappa shape index (κ3) is 0.470. The monoisotopic (exact) mass is 144 g/mol. The van der Waals surface area contributed by atoms with E-state index in [0.29, 0.717) is 0 Å². The Labute approximate surface area is 44.2 Å². The van der Waals surface area contributed by atoms with Gasteiger partial charge in [-0.2, -0.15) is 0 Å². The summed E-state index contributed by atoms with van der Waals surface area (Å²) in [5.74, 6) is 1.16. The van der Waals surface area contributed by atoms with Crippen molar-refractivity contribution >= 4 is 15.8 Å². The van der Waals surface area contributed by atoms with Crippen LogP contribution < -0.4 is 0 Å². The molecule has 0 N–H and O–H groups in total. The Morgan fingerprint density at radius 3 is 2.00 bits per heavy atom. The van der Waals surface area contributed by atoms with E-state index in [9.17, 15) is 0 Å². The second-order valence-corrected chi connectivity index (χ2v) is 3.82. The third-order valence-corrected chi connectivity index (χ3v) is 3.12. The van der Waals surface area contributed by atoms with Gasteiger partial charge in [-0.15, -0.1) is 0 Å². The molecule has 0 aromatic heterocycles. The van der Waals surface area contributed by atoms with Crippen molar-refractivity contribution in [3.05, 3.63) is 10.2 Å². The second kappa shape index (κ2) is 1.30. The normalized spacial score (nSPS) is 19.7. The van der Waals surface area contributed by atoms with E-state index in [4.69, 9.17) is 3.76 Å². The molecule has 0 fully saturated rings. The molecule has 0 aromatic rings. The van der Waals surface area contributed by atoms with Crippen LogP contribution in [-0.4, -0.2) is 15.8 Å². The van der Waals surface area contributed by atoms with Crippen LogP contribution in [0.4, 0.5) is 0 Å². The van der Waals surface area contributed by atoms with Crippen molar-refractivity contribution in [3.8, 4) is 0 Å². The summed E-state index contributed by atoms with van der Waals surface area (Å²) in [6.07, 6.45) is 0. The SMILES string of the molecule is CC1=[C](C)[Ge][O]1. The molecule has 6 heavy (non-hydrogen) atoms. The van der Waals surface area contributed by atoms with E-state index < -0.39 is 0 Å². The molecule has 1 rings (SSSR count). The molecule has 0 aromatic carbocycles. The van der Waals surface area contributed by atoms with Crippen molar-refractivity contribution in [2.24, 2.45) is 0 Å². The molecular weight excluding hydrogens is 137 g/mol. The first-order chi connectivity index (χ1) is 2.80. The molecule has 1 aliphatic rings. The van der Waals surface area contributed by atoms with Gasteiger partial charge < -0.3 is 0 Å². The van der Waals surface area contributed by atoms with Crippen LogP contribution >= 0.6 is 0 Å². The van der Waals surface area contributed by atoms with Crippen LogP contribution in [0.5, 0.6) is 0 Å². The van der Waals surface area contributed by atoms with Crippen LogP contribution in [0.15, 0.2) is 10.2 Å². The predicted octanol–water partition coefficient (Wildman–Crippen LogP) is 0.887. The van der Waals surface area contributed by atoms with E-state index in [0.717, 1.165) is 5.76 Å². The van der Waals surface area contributed by atoms with Gasteiger partial charge in [0, 0.05) is 0 Å². The zero-order valence-electron chi connectivity index (χ0n) is 3.91. The Bertz CT molecular complexity index is 83.7. The zero-order chi connectivity index (χ0) is 4.57. The van der Waals surface area contributed by atoms with Crippen molar-refractivity contribution in [1.29, 1.82) is 0 Å². The van der Waals surface area contributed by atoms with Gasteiger partial charge in [0.15, 0.2) is 0 Å². The van der Waals surface area contributed by atoms with Crippen molar-refractivity contribution in [3.63, 3.8) is 0 Å². The minimum atomic E-state index is -0.0394. The quantitative estimate of drug-likeness (QED) is 0.457. The first-order valence-electron chi connectivity index (χ1n) is 1.91. The average Bonchev–Trinajstić information content (AvgIpc) is 1.61. The molecule has 1 heterocycles. The molecular formula is C4H6GeO. The van der Waals surface area contributed by atoms with Crippen LogP contribution in [0.1, 0.15) is 13.8 Å². The molecule has 2 heteroatoms. The fourth-order valence-corrected chi connectivity index (χ4v) is 1.33. The average molecular weight is 143 g/mol. The van der Waals surface area contributed by atoms with Gasteiger partial charge in [0.1, 0.15) is 0 Å². The fourth-order valence-electron chi connectivity index (χ4n) is 0.255. The van der Waals surface area contributed by atoms with E-state index in [1.807, 2.05) is 6.92 Å². The van der Waals surface area contributed by atoms with Crippen molar-refractivity contribution in [2.75, 3.05) is 0 Å². The summed E-state index contributed by atoms with van der Waals surface area (Å²) in [4.78, 5) is 0. The standard InChI is InChI=1S/C4H6GeO/c1-3-4(2)6-5-3/h1-2H3. The number of hydrogen-bond acceptors (Lipinski definition) is 1. The molecule has 1 aliphatic heterocycles. The van der Waals surface area contributed by atoms with Crippen LogP contribution in [0.3, 0.4) is 0 Å². The van der Waals surface area contributed by atoms with E-state index >= 15 is 0 Å². The second-order valence-electron chi connectivity index (χ2n) is 1.39. The van der Waals surface area contributed by atoms with Gasteiger partial charge in [-0.1, -0.05) is 0 Å². The zero-order valence-corrected chi connectivity index (χ0v) is 6.01. The molecule has 0 saturated heterocycles. The van der Waals surface area contributed by atoms with Gasteiger partial charge in [0.25, 0.3) is 0 Å². The Morgan fingerprint density at radius 2 is 2.00 bits per heavy atom. The molecule has 0 unspecified atom stereocenters. The van der Waals surface area contributed by atoms with E-state index in [2.05, 4.69) is 6.92 Å². The molecule has 32 valence electrons. The van der Waals surface area contributed by atoms with Crippen LogP contribution in [0.2, 0.25) is 0 Å². The Hall–Kier alpha value is 0.0829. The van der Waals surface area contributed by atoms with Gasteiger partial charge in [-0.25, -0.2) is 0 Å². The molecule has 0 saturated carbocycles. The first kappa shape index (κ1) is 4.25. The Kier molecular flexibility index (Phi) is 0.918. The summed E-state index contributed by atoms with van der Waals surface area (Å²) in [5.41, 5.74) is 0. The third-order valence-electron chi connectivity index (χ3n) is 0.885. The molecule has 1 nitrogen and oxygen atoms in total. The van der Waals surface area contributed by atoms with Crippen molar-refractivity contribution in [1.82, 2.24) is 0 Å². The van der Waals surface area contributed by atoms with Crippen LogP contribution in [0, 0.1) is 0 Å². The molecule has 0 atom stereocenters. The predicted molar refractivity (Wildman–Crippen MR) is 25.2 cm³/mol. The van der Waals surface area contributed by atoms with E-state index in [1.54, 1.807) is 0 Å². The number of allylic oxidation sites excluding steroid dienone is 2. The van der Waals surface area contributed by atoms with E-state index in [1.165, 1.54) is 4.41 Å². The van der Waals surface area contributed by atoms with Gasteiger partial charge >= 0.3 is 43.5 Å². The molecule has 0 aliphatic carbocycles. The molecule has 0 bridgehead atoms.